The molecule has 0 unspecified atom stereocenters. The monoisotopic (exact) mass is 665 g/mol. The standard InChI is InChI=1S/C33H31ClF3N7O3/c1-18(35)32(45)44-12-11-43(15-20(44)9-10-38)31-24-14-39-29(23-6-4-5-19-7-8-25(36)27(34)26(19)23)28(37)30(24)40-33(41-31)47-17-21-13-22(46-3)16-42(21)2/h4-8,14,20-22H,1,9,11-13,15-17H2,2-3H3/t20-,21-,22+/m0/s1. The number of likely N-dealkylation sites (N-methyl/N-ethyl adjacent to an activating group) is 1. The molecule has 4 aromatic rings. The number of hydrogen-bond acceptors (Lipinski definition) is 9. The van der Waals surface area contributed by atoms with Gasteiger partial charge in [0.1, 0.15) is 29.5 Å². The summed E-state index contributed by atoms with van der Waals surface area (Å²) >= 11 is 6.36. The number of anilines is 1. The number of rotatable bonds is 8. The molecule has 3 atom stereocenters. The number of carbonyl (C=O) groups excluding carboxylic acids is 1. The van der Waals surface area contributed by atoms with Crippen LogP contribution in [0.25, 0.3) is 32.9 Å². The minimum Gasteiger partial charge on any atom is -0.462 e. The van der Waals surface area contributed by atoms with Crippen LogP contribution in [-0.4, -0.2) is 95.8 Å². The second-order valence-corrected chi connectivity index (χ2v) is 12.0. The lowest BCUT2D eigenvalue weighted by Crippen LogP contribution is -2.55. The Morgan fingerprint density at radius 2 is 1.98 bits per heavy atom. The van der Waals surface area contributed by atoms with Gasteiger partial charge in [0.25, 0.3) is 5.91 Å². The topological polar surface area (TPSA) is 108 Å². The number of carbonyl (C=O) groups is 1. The zero-order valence-corrected chi connectivity index (χ0v) is 26.5. The van der Waals surface area contributed by atoms with Crippen molar-refractivity contribution in [3.8, 4) is 23.3 Å². The van der Waals surface area contributed by atoms with Gasteiger partial charge in [-0.05, 0) is 24.9 Å². The predicted octanol–water partition coefficient (Wildman–Crippen LogP) is 5.29. The number of pyridine rings is 1. The van der Waals surface area contributed by atoms with Gasteiger partial charge in [-0.3, -0.25) is 14.7 Å². The number of amides is 1. The minimum atomic E-state index is -1.12. The van der Waals surface area contributed by atoms with Gasteiger partial charge in [-0.15, -0.1) is 0 Å². The molecule has 2 aromatic heterocycles. The molecule has 2 aromatic carbocycles. The fraction of sp³-hybridized carbons (Fsp3) is 0.364. The third-order valence-electron chi connectivity index (χ3n) is 8.82. The van der Waals surface area contributed by atoms with Crippen molar-refractivity contribution in [3.05, 3.63) is 65.6 Å². The summed E-state index contributed by atoms with van der Waals surface area (Å²) in [6.45, 7) is 4.39. The molecule has 2 fully saturated rings. The molecule has 2 aliphatic rings. The Hall–Kier alpha value is -4.51. The lowest BCUT2D eigenvalue weighted by molar-refractivity contribution is -0.131. The van der Waals surface area contributed by atoms with E-state index in [-0.39, 0.29) is 83.8 Å². The number of ether oxygens (including phenoxy) is 2. The maximum Gasteiger partial charge on any atom is 0.319 e. The average Bonchev–Trinajstić information content (AvgIpc) is 3.44. The number of halogens is 4. The summed E-state index contributed by atoms with van der Waals surface area (Å²) in [6.07, 6.45) is 2.11. The number of aromatic nitrogens is 3. The van der Waals surface area contributed by atoms with Crippen LogP contribution in [0.4, 0.5) is 19.0 Å². The Kier molecular flexibility index (Phi) is 9.18. The zero-order valence-electron chi connectivity index (χ0n) is 25.7. The number of methoxy groups -OCH3 is 1. The lowest BCUT2D eigenvalue weighted by atomic mass is 10.0. The fourth-order valence-electron chi connectivity index (χ4n) is 6.34. The lowest BCUT2D eigenvalue weighted by Gasteiger charge is -2.41. The third-order valence-corrected chi connectivity index (χ3v) is 9.19. The van der Waals surface area contributed by atoms with Crippen molar-refractivity contribution in [1.82, 2.24) is 24.8 Å². The van der Waals surface area contributed by atoms with Crippen molar-refractivity contribution in [2.45, 2.75) is 31.0 Å². The Bertz CT molecular complexity index is 1920. The van der Waals surface area contributed by atoms with Crippen LogP contribution in [0.2, 0.25) is 5.02 Å². The number of fused-ring (bicyclic) bond motifs is 2. The van der Waals surface area contributed by atoms with E-state index >= 15 is 4.39 Å². The normalized spacial score (nSPS) is 20.1. The molecule has 6 rings (SSSR count). The molecular weight excluding hydrogens is 635 g/mol. The zero-order chi connectivity index (χ0) is 33.4. The van der Waals surface area contributed by atoms with Gasteiger partial charge >= 0.3 is 6.01 Å². The number of piperazine rings is 1. The number of likely N-dealkylation sites (tertiary alicyclic amines) is 1. The van der Waals surface area contributed by atoms with Gasteiger partial charge in [0.15, 0.2) is 11.6 Å². The summed E-state index contributed by atoms with van der Waals surface area (Å²) in [5.41, 5.74) is 0.0883. The van der Waals surface area contributed by atoms with Crippen LogP contribution >= 0.6 is 11.6 Å². The number of nitriles is 1. The Morgan fingerprint density at radius 3 is 2.70 bits per heavy atom. The molecule has 0 N–H and O–H groups in total. The van der Waals surface area contributed by atoms with E-state index in [0.717, 1.165) is 13.0 Å². The van der Waals surface area contributed by atoms with E-state index < -0.39 is 29.4 Å². The van der Waals surface area contributed by atoms with E-state index in [1.807, 2.05) is 13.1 Å². The van der Waals surface area contributed by atoms with Crippen molar-refractivity contribution in [1.29, 1.82) is 5.26 Å². The minimum absolute atomic E-state index is 0.00312. The van der Waals surface area contributed by atoms with Crippen molar-refractivity contribution in [2.75, 3.05) is 51.8 Å². The van der Waals surface area contributed by atoms with Crippen molar-refractivity contribution in [2.24, 2.45) is 0 Å². The average molecular weight is 666 g/mol. The highest BCUT2D eigenvalue weighted by Crippen LogP contribution is 2.38. The molecule has 0 aliphatic carbocycles. The molecule has 0 saturated carbocycles. The first-order chi connectivity index (χ1) is 22.6. The highest BCUT2D eigenvalue weighted by molar-refractivity contribution is 6.36. The largest absolute Gasteiger partial charge is 0.462 e. The first kappa shape index (κ1) is 32.4. The van der Waals surface area contributed by atoms with Crippen LogP contribution in [0.15, 0.2) is 48.9 Å². The first-order valence-corrected chi connectivity index (χ1v) is 15.4. The molecule has 4 heterocycles. The van der Waals surface area contributed by atoms with Gasteiger partial charge in [-0.25, -0.2) is 13.2 Å². The molecule has 2 saturated heterocycles. The molecule has 0 bridgehead atoms. The van der Waals surface area contributed by atoms with Gasteiger partial charge in [0.2, 0.25) is 0 Å². The van der Waals surface area contributed by atoms with Crippen LogP contribution in [0.1, 0.15) is 12.8 Å². The van der Waals surface area contributed by atoms with Crippen molar-refractivity contribution in [3.63, 3.8) is 0 Å². The van der Waals surface area contributed by atoms with E-state index in [9.17, 15) is 18.8 Å². The maximum absolute atomic E-state index is 16.7. The smallest absolute Gasteiger partial charge is 0.319 e. The van der Waals surface area contributed by atoms with Crippen LogP contribution < -0.4 is 9.64 Å². The van der Waals surface area contributed by atoms with Crippen LogP contribution in [0, 0.1) is 23.0 Å². The highest BCUT2D eigenvalue weighted by atomic mass is 35.5. The van der Waals surface area contributed by atoms with Crippen LogP contribution in [0.3, 0.4) is 0 Å². The summed E-state index contributed by atoms with van der Waals surface area (Å²) < 4.78 is 56.6. The van der Waals surface area contributed by atoms with E-state index in [4.69, 9.17) is 21.1 Å². The van der Waals surface area contributed by atoms with Gasteiger partial charge in [-0.1, -0.05) is 42.4 Å². The van der Waals surface area contributed by atoms with E-state index in [0.29, 0.717) is 10.8 Å². The highest BCUT2D eigenvalue weighted by Gasteiger charge is 2.34. The molecular formula is C33H31ClF3N7O3. The maximum atomic E-state index is 16.7. The molecule has 1 amide bonds. The van der Waals surface area contributed by atoms with Crippen molar-refractivity contribution < 1.29 is 27.4 Å². The molecule has 244 valence electrons. The molecule has 47 heavy (non-hydrogen) atoms. The van der Waals surface area contributed by atoms with Gasteiger partial charge in [0.05, 0.1) is 35.0 Å². The molecule has 14 heteroatoms. The quantitative estimate of drug-likeness (QED) is 0.232. The van der Waals surface area contributed by atoms with Gasteiger partial charge in [-0.2, -0.15) is 15.2 Å². The number of nitrogens with zero attached hydrogens (tertiary/aromatic N) is 7. The van der Waals surface area contributed by atoms with Gasteiger partial charge in [0, 0.05) is 56.5 Å². The fourth-order valence-corrected chi connectivity index (χ4v) is 6.61. The van der Waals surface area contributed by atoms with Crippen LogP contribution in [0.5, 0.6) is 6.01 Å². The molecule has 0 radical (unpaired) electrons. The SMILES string of the molecule is C=C(F)C(=O)N1CCN(c2nc(OC[C@@H]3C[C@@H](OC)CN3C)nc3c(F)c(-c4cccc5ccc(F)c(Cl)c45)ncc23)C[C@@H]1CC#N. The molecule has 0 spiro atoms. The Balaban J connectivity index is 1.45. The number of benzene rings is 2. The van der Waals surface area contributed by atoms with E-state index in [1.165, 1.54) is 17.2 Å². The Labute approximate surface area is 274 Å². The summed E-state index contributed by atoms with van der Waals surface area (Å²) in [5, 5.41) is 10.5. The first-order valence-electron chi connectivity index (χ1n) is 15.0. The summed E-state index contributed by atoms with van der Waals surface area (Å²) in [7, 11) is 3.61. The van der Waals surface area contributed by atoms with E-state index in [2.05, 4.69) is 26.4 Å². The second-order valence-electron chi connectivity index (χ2n) is 11.6. The van der Waals surface area contributed by atoms with Crippen molar-refractivity contribution >= 4 is 45.0 Å². The summed E-state index contributed by atoms with van der Waals surface area (Å²) in [4.78, 5) is 31.2. The van der Waals surface area contributed by atoms with Crippen LogP contribution in [-0.2, 0) is 9.53 Å². The summed E-state index contributed by atoms with van der Waals surface area (Å²) in [6, 6.07) is 9.11. The summed E-state index contributed by atoms with van der Waals surface area (Å²) in [5.74, 6) is -3.18. The van der Waals surface area contributed by atoms with E-state index in [1.54, 1.807) is 36.3 Å². The molecule has 2 aliphatic heterocycles. The Morgan fingerprint density at radius 1 is 1.17 bits per heavy atom. The van der Waals surface area contributed by atoms with Gasteiger partial charge < -0.3 is 19.3 Å². The second kappa shape index (κ2) is 13.3. The number of hydrogen-bond donors (Lipinski definition) is 0. The third kappa shape index (κ3) is 6.16. The molecule has 10 nitrogen and oxygen atoms in total. The predicted molar refractivity (Wildman–Crippen MR) is 171 cm³/mol.